The van der Waals surface area contributed by atoms with E-state index in [0.717, 1.165) is 51.4 Å². The van der Waals surface area contributed by atoms with Crippen molar-refractivity contribution < 1.29 is 137 Å². The Kier molecular flexibility index (Phi) is 54.4. The van der Waals surface area contributed by atoms with Crippen molar-refractivity contribution in [1.82, 2.24) is 0 Å². The normalized spacial score (nSPS) is 12.1. The van der Waals surface area contributed by atoms with Crippen molar-refractivity contribution in [2.75, 3.05) is 19.8 Å². The Morgan fingerprint density at radius 3 is 0.931 bits per heavy atom. The molecule has 72 heavy (non-hydrogen) atoms. The number of rotatable bonds is 43. The zero-order valence-corrected chi connectivity index (χ0v) is 51.0. The number of aliphatic carboxylic acids is 2. The van der Waals surface area contributed by atoms with Crippen molar-refractivity contribution in [3.8, 4) is 0 Å². The molecule has 410 valence electrons. The third-order valence-electron chi connectivity index (χ3n) is 11.2. The number of carbonyl (C=O) groups is 4. The largest absolute Gasteiger partial charge is 1.00 e. The molecule has 0 aliphatic carbocycles. The summed E-state index contributed by atoms with van der Waals surface area (Å²) in [6.45, 7) is 6.91. The van der Waals surface area contributed by atoms with E-state index in [1.165, 1.54) is 128 Å². The van der Waals surface area contributed by atoms with Crippen LogP contribution in [-0.2, 0) is 63.2 Å². The molecule has 0 amide bonds. The SMILES string of the molecule is CCCCCCCCCCCCOC(=O)C(CC(=O)[O-])S(=O)(=O)O.CCCCCCCCCCCCOC(=O)C(CC(=O)[O-])S(=O)(=O)O.CCCCCCCCCCCCOS(=O)(=O)c1ccccc1.[Na+].[Na+]. The molecule has 0 aliphatic heterocycles. The Balaban J connectivity index is -0.000000475. The third kappa shape index (κ3) is 48.5. The average Bonchev–Trinajstić information content (AvgIpc) is 3.30. The van der Waals surface area contributed by atoms with E-state index in [2.05, 4.69) is 20.8 Å². The summed E-state index contributed by atoms with van der Waals surface area (Å²) >= 11 is 0. The van der Waals surface area contributed by atoms with Gasteiger partial charge in [0.05, 0.1) is 24.7 Å². The number of hydrogen-bond donors (Lipinski definition) is 2. The number of carboxylic acid groups (broad SMARTS) is 2. The molecule has 0 spiro atoms. The maximum atomic E-state index is 11.9. The standard InChI is InChI=1S/C18H30O3S.2C16H30O7S.2Na/c1-2-3-4-5-6-7-8-9-10-14-17-21-22(19,20)18-15-12-11-13-16-18;2*1-2-3-4-5-6-7-8-9-10-11-12-23-16(19)14(13-15(17)18)24(20,21)22;;/h11-13,15-16H,2-10,14,17H2,1H3;2*14H,2-13H2,1H3,(H,17,18)(H,20,21,22);;/q;;;2*+1/p-2. The number of hydrogen-bond acceptors (Lipinski definition) is 15. The molecule has 1 aromatic rings. The van der Waals surface area contributed by atoms with Crippen LogP contribution in [0.4, 0.5) is 0 Å². The van der Waals surface area contributed by atoms with Crippen LogP contribution in [0.2, 0.25) is 0 Å². The van der Waals surface area contributed by atoms with Crippen molar-refractivity contribution in [1.29, 1.82) is 0 Å². The van der Waals surface area contributed by atoms with Crippen LogP contribution in [0.25, 0.3) is 0 Å². The monoisotopic (exact) mass is 1100 g/mol. The Morgan fingerprint density at radius 2 is 0.681 bits per heavy atom. The first-order valence-electron chi connectivity index (χ1n) is 25.8. The van der Waals surface area contributed by atoms with Crippen LogP contribution in [-0.4, -0.2) is 88.6 Å². The van der Waals surface area contributed by atoms with E-state index in [1.807, 2.05) is 0 Å². The molecule has 0 fully saturated rings. The fraction of sp³-hybridized carbons (Fsp3) is 0.800. The molecular weight excluding hydrogens is 1010 g/mol. The first-order valence-corrected chi connectivity index (χ1v) is 30.3. The first-order chi connectivity index (χ1) is 33.2. The van der Waals surface area contributed by atoms with Gasteiger partial charge in [-0.15, -0.1) is 0 Å². The van der Waals surface area contributed by atoms with Crippen LogP contribution in [0.5, 0.6) is 0 Å². The van der Waals surface area contributed by atoms with E-state index in [-0.39, 0.29) is 83.8 Å². The molecular formula is C50H88Na2O17S3. The molecule has 0 saturated heterocycles. The van der Waals surface area contributed by atoms with Crippen molar-refractivity contribution in [2.45, 2.75) is 242 Å². The molecule has 0 aromatic heterocycles. The number of ether oxygens (including phenoxy) is 2. The predicted octanol–water partition coefficient (Wildman–Crippen LogP) is 3.01. The van der Waals surface area contributed by atoms with Crippen LogP contribution in [0, 0.1) is 0 Å². The first kappa shape index (κ1) is 77.3. The molecule has 22 heteroatoms. The predicted molar refractivity (Wildman–Crippen MR) is 267 cm³/mol. The molecule has 1 aromatic carbocycles. The van der Waals surface area contributed by atoms with Crippen molar-refractivity contribution in [2.24, 2.45) is 0 Å². The van der Waals surface area contributed by atoms with Gasteiger partial charge in [-0.05, 0) is 31.4 Å². The maximum Gasteiger partial charge on any atom is 1.00 e. The van der Waals surface area contributed by atoms with E-state index in [4.69, 9.17) is 22.8 Å². The molecule has 0 bridgehead atoms. The van der Waals surface area contributed by atoms with Crippen LogP contribution in [0.15, 0.2) is 35.2 Å². The summed E-state index contributed by atoms with van der Waals surface area (Å²) < 4.78 is 99.9. The van der Waals surface area contributed by atoms with Gasteiger partial charge in [0, 0.05) is 24.8 Å². The summed E-state index contributed by atoms with van der Waals surface area (Å²) in [5.41, 5.74) is 0. The molecule has 0 saturated carbocycles. The van der Waals surface area contributed by atoms with Gasteiger partial charge in [-0.3, -0.25) is 22.9 Å². The maximum absolute atomic E-state index is 11.9. The van der Waals surface area contributed by atoms with E-state index in [1.54, 1.807) is 30.3 Å². The van der Waals surface area contributed by atoms with Crippen LogP contribution in [0.3, 0.4) is 0 Å². The molecule has 17 nitrogen and oxygen atoms in total. The van der Waals surface area contributed by atoms with Crippen molar-refractivity contribution in [3.05, 3.63) is 30.3 Å². The van der Waals surface area contributed by atoms with E-state index >= 15 is 0 Å². The number of benzene rings is 1. The van der Waals surface area contributed by atoms with E-state index in [9.17, 15) is 54.6 Å². The summed E-state index contributed by atoms with van der Waals surface area (Å²) in [7, 11) is -13.2. The summed E-state index contributed by atoms with van der Waals surface area (Å²) in [6.07, 6.45) is 32.1. The van der Waals surface area contributed by atoms with Gasteiger partial charge in [0.25, 0.3) is 30.4 Å². The molecule has 0 radical (unpaired) electrons. The topological polar surface area (TPSA) is 285 Å². The minimum atomic E-state index is -4.82. The molecule has 0 heterocycles. The Bertz CT molecular complexity index is 1730. The van der Waals surface area contributed by atoms with Gasteiger partial charge in [-0.1, -0.05) is 212 Å². The van der Waals surface area contributed by atoms with E-state index in [0.29, 0.717) is 12.8 Å². The second kappa shape index (κ2) is 50.6. The van der Waals surface area contributed by atoms with Gasteiger partial charge in [-0.2, -0.15) is 25.3 Å². The Labute approximate surface area is 478 Å². The summed E-state index contributed by atoms with van der Waals surface area (Å²) in [4.78, 5) is 44.2. The van der Waals surface area contributed by atoms with Crippen molar-refractivity contribution in [3.63, 3.8) is 0 Å². The molecule has 2 atom stereocenters. The van der Waals surface area contributed by atoms with E-state index < -0.39 is 77.6 Å². The van der Waals surface area contributed by atoms with Gasteiger partial charge in [0.1, 0.15) is 0 Å². The zero-order valence-electron chi connectivity index (χ0n) is 44.5. The quantitative estimate of drug-likeness (QED) is 0.0312. The molecule has 0 aliphatic rings. The smallest absolute Gasteiger partial charge is 0.550 e. The van der Waals surface area contributed by atoms with Gasteiger partial charge in [-0.25, -0.2) is 0 Å². The average molecular weight is 1100 g/mol. The number of unbranched alkanes of at least 4 members (excludes halogenated alkanes) is 27. The summed E-state index contributed by atoms with van der Waals surface area (Å²) in [6, 6.07) is 8.33. The van der Waals surface area contributed by atoms with Gasteiger partial charge in [0.15, 0.2) is 10.5 Å². The third-order valence-corrected chi connectivity index (χ3v) is 14.7. The number of carbonyl (C=O) groups excluding carboxylic acids is 4. The second-order valence-electron chi connectivity index (χ2n) is 17.6. The Hall–Kier alpha value is -1.17. The van der Waals surface area contributed by atoms with Crippen LogP contribution >= 0.6 is 0 Å². The molecule has 1 rings (SSSR count). The van der Waals surface area contributed by atoms with Gasteiger partial charge in [0.2, 0.25) is 0 Å². The second-order valence-corrected chi connectivity index (χ2v) is 22.4. The number of carboxylic acids is 2. The number of esters is 2. The Morgan fingerprint density at radius 1 is 0.431 bits per heavy atom. The van der Waals surface area contributed by atoms with Crippen molar-refractivity contribution >= 4 is 54.2 Å². The summed E-state index contributed by atoms with van der Waals surface area (Å²) in [5, 5.41) is 16.6. The zero-order chi connectivity index (χ0) is 52.9. The van der Waals surface area contributed by atoms with Crippen LogP contribution < -0.4 is 69.3 Å². The van der Waals surface area contributed by atoms with Gasteiger partial charge >= 0.3 is 71.1 Å². The fourth-order valence-corrected chi connectivity index (χ4v) is 9.33. The molecule has 2 unspecified atom stereocenters. The summed E-state index contributed by atoms with van der Waals surface area (Å²) in [5.74, 6) is -5.99. The minimum absolute atomic E-state index is 0. The fourth-order valence-electron chi connectivity index (χ4n) is 7.05. The molecule has 2 N–H and O–H groups in total. The van der Waals surface area contributed by atoms with Crippen LogP contribution in [0.1, 0.15) is 226 Å². The van der Waals surface area contributed by atoms with Gasteiger partial charge < -0.3 is 29.3 Å². The minimum Gasteiger partial charge on any atom is -0.550 e.